The van der Waals surface area contributed by atoms with Crippen molar-refractivity contribution in [2.75, 3.05) is 6.54 Å². The lowest BCUT2D eigenvalue weighted by molar-refractivity contribution is -0.141. The summed E-state index contributed by atoms with van der Waals surface area (Å²) in [5, 5.41) is 18.6. The Bertz CT molecular complexity index is 340. The third-order valence-electron chi connectivity index (χ3n) is 2.02. The summed E-state index contributed by atoms with van der Waals surface area (Å²) in [4.78, 5) is 3.15. The van der Waals surface area contributed by atoms with Crippen molar-refractivity contribution in [3.05, 3.63) is 29.6 Å². The average Bonchev–Trinajstić information content (AvgIpc) is 2.26. The van der Waals surface area contributed by atoms with Gasteiger partial charge in [-0.05, 0) is 6.07 Å². The van der Waals surface area contributed by atoms with E-state index in [0.717, 1.165) is 18.3 Å². The van der Waals surface area contributed by atoms with Crippen LogP contribution in [-0.2, 0) is 6.18 Å². The fourth-order valence-electron chi connectivity index (χ4n) is 1.10. The van der Waals surface area contributed by atoms with E-state index in [1.54, 1.807) is 0 Å². The molecule has 0 saturated carbocycles. The lowest BCUT2D eigenvalue weighted by atomic mass is 10.1. The van der Waals surface area contributed by atoms with E-state index in [1.165, 1.54) is 0 Å². The summed E-state index contributed by atoms with van der Waals surface area (Å²) < 4.78 is 36.5. The van der Waals surface area contributed by atoms with Crippen LogP contribution in [0.25, 0.3) is 0 Å². The van der Waals surface area contributed by atoms with E-state index in [2.05, 4.69) is 4.98 Å². The van der Waals surface area contributed by atoms with Gasteiger partial charge in [0.2, 0.25) is 0 Å². The minimum Gasteiger partial charge on any atom is -0.389 e. The molecule has 0 amide bonds. The van der Waals surface area contributed by atoms with Crippen molar-refractivity contribution in [1.82, 2.24) is 4.98 Å². The monoisotopic (exact) mass is 236 g/mol. The Hall–Kier alpha value is -1.18. The maximum absolute atomic E-state index is 12.2. The maximum atomic E-state index is 12.2. The number of pyridine rings is 1. The molecule has 0 bridgehead atoms. The van der Waals surface area contributed by atoms with E-state index in [1.807, 2.05) is 0 Å². The summed E-state index contributed by atoms with van der Waals surface area (Å²) in [7, 11) is 0. The van der Waals surface area contributed by atoms with Crippen LogP contribution in [-0.4, -0.2) is 27.8 Å². The molecule has 1 aromatic rings. The molecule has 0 spiro atoms. The minimum absolute atomic E-state index is 0.0888. The van der Waals surface area contributed by atoms with E-state index >= 15 is 0 Å². The highest BCUT2D eigenvalue weighted by molar-refractivity contribution is 5.18. The van der Waals surface area contributed by atoms with E-state index in [0.29, 0.717) is 0 Å². The van der Waals surface area contributed by atoms with Gasteiger partial charge in [0.05, 0.1) is 6.10 Å². The highest BCUT2D eigenvalue weighted by atomic mass is 19.4. The molecule has 2 unspecified atom stereocenters. The van der Waals surface area contributed by atoms with Crippen LogP contribution in [0.3, 0.4) is 0 Å². The standard InChI is InChI=1S/C9H11F3N2O2/c10-9(11,12)7-2-1-5(4-14-7)8(16)6(15)3-13/h1-2,4,6,8,15-16H,3,13H2. The second kappa shape index (κ2) is 4.77. The zero-order valence-electron chi connectivity index (χ0n) is 8.15. The first-order valence-electron chi connectivity index (χ1n) is 4.45. The van der Waals surface area contributed by atoms with Crippen molar-refractivity contribution in [3.8, 4) is 0 Å². The average molecular weight is 236 g/mol. The molecule has 1 rings (SSSR count). The molecule has 16 heavy (non-hydrogen) atoms. The lowest BCUT2D eigenvalue weighted by Crippen LogP contribution is -2.27. The molecule has 90 valence electrons. The molecule has 1 aromatic heterocycles. The van der Waals surface area contributed by atoms with E-state index in [9.17, 15) is 23.4 Å². The molecule has 0 aliphatic rings. The molecule has 4 N–H and O–H groups in total. The molecular formula is C9H11F3N2O2. The van der Waals surface area contributed by atoms with Crippen molar-refractivity contribution in [2.24, 2.45) is 5.73 Å². The highest BCUT2D eigenvalue weighted by Crippen LogP contribution is 2.28. The van der Waals surface area contributed by atoms with Crippen LogP contribution < -0.4 is 5.73 Å². The predicted octanol–water partition coefficient (Wildman–Crippen LogP) is 0.453. The summed E-state index contributed by atoms with van der Waals surface area (Å²) in [6.45, 7) is -0.192. The summed E-state index contributed by atoms with van der Waals surface area (Å²) >= 11 is 0. The first kappa shape index (κ1) is 12.9. The van der Waals surface area contributed by atoms with Gasteiger partial charge in [-0.1, -0.05) is 6.07 Å². The van der Waals surface area contributed by atoms with Crippen LogP contribution in [0.5, 0.6) is 0 Å². The van der Waals surface area contributed by atoms with Gasteiger partial charge in [-0.15, -0.1) is 0 Å². The predicted molar refractivity (Wildman–Crippen MR) is 49.3 cm³/mol. The van der Waals surface area contributed by atoms with Crippen molar-refractivity contribution in [3.63, 3.8) is 0 Å². The number of aliphatic hydroxyl groups excluding tert-OH is 2. The van der Waals surface area contributed by atoms with Gasteiger partial charge in [0.15, 0.2) is 0 Å². The van der Waals surface area contributed by atoms with Gasteiger partial charge < -0.3 is 15.9 Å². The zero-order chi connectivity index (χ0) is 12.3. The van der Waals surface area contributed by atoms with Crippen LogP contribution in [0.15, 0.2) is 18.3 Å². The number of nitrogens with two attached hydrogens (primary N) is 1. The summed E-state index contributed by atoms with van der Waals surface area (Å²) in [5.41, 5.74) is 4.14. The van der Waals surface area contributed by atoms with Crippen molar-refractivity contribution in [1.29, 1.82) is 0 Å². The topological polar surface area (TPSA) is 79.4 Å². The smallest absolute Gasteiger partial charge is 0.389 e. The van der Waals surface area contributed by atoms with Crippen molar-refractivity contribution < 1.29 is 23.4 Å². The second-order valence-corrected chi connectivity index (χ2v) is 3.22. The maximum Gasteiger partial charge on any atom is 0.433 e. The second-order valence-electron chi connectivity index (χ2n) is 3.22. The number of nitrogens with zero attached hydrogens (tertiary/aromatic N) is 1. The Morgan fingerprint density at radius 2 is 1.94 bits per heavy atom. The van der Waals surface area contributed by atoms with Gasteiger partial charge in [0, 0.05) is 18.3 Å². The third kappa shape index (κ3) is 2.91. The molecule has 0 aromatic carbocycles. The van der Waals surface area contributed by atoms with Gasteiger partial charge >= 0.3 is 6.18 Å². The summed E-state index contributed by atoms with van der Waals surface area (Å²) in [6.07, 6.45) is -6.21. The van der Waals surface area contributed by atoms with Crippen LogP contribution in [0, 0.1) is 0 Å². The first-order valence-corrected chi connectivity index (χ1v) is 4.45. The Morgan fingerprint density at radius 1 is 1.31 bits per heavy atom. The fraction of sp³-hybridized carbons (Fsp3) is 0.444. The molecule has 7 heteroatoms. The van der Waals surface area contributed by atoms with E-state index in [4.69, 9.17) is 5.73 Å². The number of hydrogen-bond acceptors (Lipinski definition) is 4. The molecule has 0 fully saturated rings. The van der Waals surface area contributed by atoms with Crippen molar-refractivity contribution >= 4 is 0 Å². The van der Waals surface area contributed by atoms with Gasteiger partial charge in [-0.2, -0.15) is 13.2 Å². The van der Waals surface area contributed by atoms with Crippen LogP contribution >= 0.6 is 0 Å². The van der Waals surface area contributed by atoms with Gasteiger partial charge in [-0.25, -0.2) is 0 Å². The normalized spacial score (nSPS) is 15.9. The number of aliphatic hydroxyl groups is 2. The van der Waals surface area contributed by atoms with Gasteiger partial charge in [0.1, 0.15) is 11.8 Å². The van der Waals surface area contributed by atoms with Crippen LogP contribution in [0.2, 0.25) is 0 Å². The van der Waals surface area contributed by atoms with E-state index in [-0.39, 0.29) is 12.1 Å². The molecule has 2 atom stereocenters. The fourth-order valence-corrected chi connectivity index (χ4v) is 1.10. The largest absolute Gasteiger partial charge is 0.433 e. The number of halogens is 3. The Balaban J connectivity index is 2.87. The Labute approximate surface area is 89.5 Å². The summed E-state index contributed by atoms with van der Waals surface area (Å²) in [5.74, 6) is 0. The molecule has 4 nitrogen and oxygen atoms in total. The van der Waals surface area contributed by atoms with E-state index < -0.39 is 24.1 Å². The van der Waals surface area contributed by atoms with Crippen LogP contribution in [0.4, 0.5) is 13.2 Å². The zero-order valence-corrected chi connectivity index (χ0v) is 8.15. The van der Waals surface area contributed by atoms with Crippen LogP contribution in [0.1, 0.15) is 17.4 Å². The Morgan fingerprint density at radius 3 is 2.31 bits per heavy atom. The van der Waals surface area contributed by atoms with Gasteiger partial charge in [-0.3, -0.25) is 4.98 Å². The SMILES string of the molecule is NCC(O)C(O)c1ccc(C(F)(F)F)nc1. The third-order valence-corrected chi connectivity index (χ3v) is 2.02. The molecular weight excluding hydrogens is 225 g/mol. The minimum atomic E-state index is -4.52. The molecule has 0 aliphatic carbocycles. The van der Waals surface area contributed by atoms with Crippen molar-refractivity contribution in [2.45, 2.75) is 18.4 Å². The summed E-state index contributed by atoms with van der Waals surface area (Å²) in [6, 6.07) is 1.79. The molecule has 0 radical (unpaired) electrons. The number of hydrogen-bond donors (Lipinski definition) is 3. The number of aromatic nitrogens is 1. The Kier molecular flexibility index (Phi) is 3.84. The lowest BCUT2D eigenvalue weighted by Gasteiger charge is -2.16. The van der Waals surface area contributed by atoms with Gasteiger partial charge in [0.25, 0.3) is 0 Å². The number of rotatable bonds is 3. The molecule has 0 aliphatic heterocycles. The molecule has 1 heterocycles. The number of alkyl halides is 3. The molecule has 0 saturated heterocycles. The first-order chi connectivity index (χ1) is 7.36. The quantitative estimate of drug-likeness (QED) is 0.712. The highest BCUT2D eigenvalue weighted by Gasteiger charge is 2.32.